The number of hydrogen-bond donors (Lipinski definition) is 3. The highest BCUT2D eigenvalue weighted by atomic mass is 16.2. The fraction of sp³-hybridized carbons (Fsp3) is 0.333. The van der Waals surface area contributed by atoms with Crippen molar-refractivity contribution in [3.63, 3.8) is 0 Å². The minimum atomic E-state index is -1.12. The Balaban J connectivity index is 1.32. The molecule has 1 fully saturated rings. The summed E-state index contributed by atoms with van der Waals surface area (Å²) in [4.78, 5) is 27.9. The van der Waals surface area contributed by atoms with Gasteiger partial charge >= 0.3 is 0 Å². The van der Waals surface area contributed by atoms with Crippen LogP contribution in [0.25, 0.3) is 0 Å². The van der Waals surface area contributed by atoms with Gasteiger partial charge in [-0.2, -0.15) is 0 Å². The number of primary amides is 1. The van der Waals surface area contributed by atoms with Crippen molar-refractivity contribution in [3.8, 4) is 0 Å². The number of carbonyl (C=O) groups excluding carboxylic acids is 2. The molecule has 6 nitrogen and oxygen atoms in total. The van der Waals surface area contributed by atoms with Crippen molar-refractivity contribution in [2.75, 3.05) is 25.4 Å². The third-order valence-corrected chi connectivity index (χ3v) is 6.83. The van der Waals surface area contributed by atoms with Crippen molar-refractivity contribution in [2.24, 2.45) is 11.7 Å². The van der Waals surface area contributed by atoms with Crippen LogP contribution in [0.4, 0.5) is 5.69 Å². The van der Waals surface area contributed by atoms with E-state index >= 15 is 0 Å². The maximum atomic E-state index is 13.0. The van der Waals surface area contributed by atoms with Crippen LogP contribution in [0, 0.1) is 5.92 Å². The van der Waals surface area contributed by atoms with Crippen LogP contribution in [0.2, 0.25) is 0 Å². The van der Waals surface area contributed by atoms with Gasteiger partial charge in [0.15, 0.2) is 0 Å². The summed E-state index contributed by atoms with van der Waals surface area (Å²) in [5.41, 5.74) is 13.8. The Hall–Kier alpha value is -3.38. The van der Waals surface area contributed by atoms with Gasteiger partial charge < -0.3 is 16.8 Å². The Morgan fingerprint density at radius 2 is 1.73 bits per heavy atom. The lowest BCUT2D eigenvalue weighted by Gasteiger charge is -2.33. The quantitative estimate of drug-likeness (QED) is 0.572. The van der Waals surface area contributed by atoms with Crippen molar-refractivity contribution < 1.29 is 9.59 Å². The van der Waals surface area contributed by atoms with Crippen LogP contribution < -0.4 is 16.8 Å². The van der Waals surface area contributed by atoms with Gasteiger partial charge in [0.1, 0.15) is 0 Å². The van der Waals surface area contributed by atoms with Crippen molar-refractivity contribution in [3.05, 3.63) is 89.5 Å². The SMILES string of the molecule is NC(=O)C1(c2ccccc2N)C=CC=C(C(=O)NCC2CCN(Cc3ccccc3)CC2)C1. The van der Waals surface area contributed by atoms with Gasteiger partial charge in [0.25, 0.3) is 0 Å². The molecular weight excluding hydrogens is 412 g/mol. The molecule has 172 valence electrons. The molecule has 2 aromatic rings. The van der Waals surface area contributed by atoms with Crippen LogP contribution in [0.15, 0.2) is 78.4 Å². The number of hydrogen-bond acceptors (Lipinski definition) is 4. The number of anilines is 1. The Labute approximate surface area is 195 Å². The molecule has 1 heterocycles. The molecule has 4 rings (SSSR count). The first kappa shape index (κ1) is 22.8. The highest BCUT2D eigenvalue weighted by molar-refractivity contribution is 5.98. The third-order valence-electron chi connectivity index (χ3n) is 6.83. The van der Waals surface area contributed by atoms with E-state index in [-0.39, 0.29) is 12.3 Å². The minimum absolute atomic E-state index is 0.147. The minimum Gasteiger partial charge on any atom is -0.398 e. The Morgan fingerprint density at radius 1 is 1.03 bits per heavy atom. The predicted octanol–water partition coefficient (Wildman–Crippen LogP) is 2.91. The van der Waals surface area contributed by atoms with Crippen molar-refractivity contribution in [1.82, 2.24) is 10.2 Å². The maximum Gasteiger partial charge on any atom is 0.247 e. The van der Waals surface area contributed by atoms with Crippen LogP contribution in [-0.2, 0) is 21.5 Å². The van der Waals surface area contributed by atoms with Crippen molar-refractivity contribution >= 4 is 17.5 Å². The van der Waals surface area contributed by atoms with E-state index in [1.54, 1.807) is 30.4 Å². The molecule has 6 heteroatoms. The number of nitrogens with one attached hydrogen (secondary N) is 1. The molecule has 5 N–H and O–H groups in total. The number of piperidine rings is 1. The first-order chi connectivity index (χ1) is 16.0. The van der Waals surface area contributed by atoms with Gasteiger partial charge in [-0.15, -0.1) is 0 Å². The zero-order valence-corrected chi connectivity index (χ0v) is 18.9. The lowest BCUT2D eigenvalue weighted by Crippen LogP contribution is -2.44. The van der Waals surface area contributed by atoms with E-state index in [4.69, 9.17) is 11.5 Å². The topological polar surface area (TPSA) is 101 Å². The molecule has 1 aliphatic carbocycles. The lowest BCUT2D eigenvalue weighted by atomic mass is 9.71. The summed E-state index contributed by atoms with van der Waals surface area (Å²) in [7, 11) is 0. The number of allylic oxidation sites excluding steroid dienone is 2. The molecule has 0 spiro atoms. The van der Waals surface area contributed by atoms with Gasteiger partial charge in [0, 0.05) is 24.4 Å². The van der Waals surface area contributed by atoms with Gasteiger partial charge in [0.2, 0.25) is 11.8 Å². The molecule has 0 bridgehead atoms. The zero-order valence-electron chi connectivity index (χ0n) is 18.9. The highest BCUT2D eigenvalue weighted by Gasteiger charge is 2.40. The molecule has 2 amide bonds. The Bertz CT molecular complexity index is 1050. The van der Waals surface area contributed by atoms with Crippen molar-refractivity contribution in [1.29, 1.82) is 0 Å². The first-order valence-electron chi connectivity index (χ1n) is 11.6. The molecule has 0 saturated carbocycles. The molecule has 1 unspecified atom stereocenters. The van der Waals surface area contributed by atoms with Crippen molar-refractivity contribution in [2.45, 2.75) is 31.2 Å². The zero-order chi connectivity index (χ0) is 23.3. The maximum absolute atomic E-state index is 13.0. The summed E-state index contributed by atoms with van der Waals surface area (Å²) >= 11 is 0. The van der Waals surface area contributed by atoms with E-state index in [0.717, 1.165) is 32.5 Å². The fourth-order valence-corrected chi connectivity index (χ4v) is 4.83. The fourth-order valence-electron chi connectivity index (χ4n) is 4.83. The summed E-state index contributed by atoms with van der Waals surface area (Å²) in [6, 6.07) is 17.7. The van der Waals surface area contributed by atoms with Gasteiger partial charge in [0.05, 0.1) is 5.41 Å². The van der Waals surface area contributed by atoms with E-state index in [1.807, 2.05) is 18.2 Å². The van der Waals surface area contributed by atoms with Gasteiger partial charge in [-0.3, -0.25) is 14.5 Å². The lowest BCUT2D eigenvalue weighted by molar-refractivity contribution is -0.122. The van der Waals surface area contributed by atoms with E-state index in [9.17, 15) is 9.59 Å². The van der Waals surface area contributed by atoms with Gasteiger partial charge in [-0.1, -0.05) is 66.8 Å². The smallest absolute Gasteiger partial charge is 0.247 e. The van der Waals surface area contributed by atoms with E-state index in [1.165, 1.54) is 5.56 Å². The first-order valence-corrected chi connectivity index (χ1v) is 11.6. The van der Waals surface area contributed by atoms with Crippen LogP contribution >= 0.6 is 0 Å². The summed E-state index contributed by atoms with van der Waals surface area (Å²) in [5, 5.41) is 3.09. The van der Waals surface area contributed by atoms with Crippen LogP contribution in [0.5, 0.6) is 0 Å². The number of nitrogen functional groups attached to an aromatic ring is 1. The molecule has 33 heavy (non-hydrogen) atoms. The molecule has 2 aromatic carbocycles. The summed E-state index contributed by atoms with van der Waals surface area (Å²) in [5.74, 6) is -0.210. The molecule has 0 aromatic heterocycles. The largest absolute Gasteiger partial charge is 0.398 e. The Morgan fingerprint density at radius 3 is 2.42 bits per heavy atom. The number of para-hydroxylation sites is 1. The normalized spacial score (nSPS) is 21.4. The summed E-state index contributed by atoms with van der Waals surface area (Å²) in [6.45, 7) is 3.66. The number of amides is 2. The van der Waals surface area contributed by atoms with E-state index < -0.39 is 11.3 Å². The average molecular weight is 445 g/mol. The summed E-state index contributed by atoms with van der Waals surface area (Å²) < 4.78 is 0. The predicted molar refractivity (Wildman–Crippen MR) is 131 cm³/mol. The molecule has 1 saturated heterocycles. The molecular formula is C27H32N4O2. The second kappa shape index (κ2) is 10.0. The number of rotatable bonds is 7. The number of carbonyl (C=O) groups is 2. The van der Waals surface area contributed by atoms with Gasteiger partial charge in [-0.05, 0) is 55.5 Å². The number of likely N-dealkylation sites (tertiary alicyclic amines) is 1. The van der Waals surface area contributed by atoms with Crippen LogP contribution in [-0.4, -0.2) is 36.3 Å². The van der Waals surface area contributed by atoms with Crippen LogP contribution in [0.3, 0.4) is 0 Å². The Kier molecular flexibility index (Phi) is 6.94. The second-order valence-corrected chi connectivity index (χ2v) is 9.07. The van der Waals surface area contributed by atoms with Crippen LogP contribution in [0.1, 0.15) is 30.4 Å². The number of benzene rings is 2. The standard InChI is InChI=1S/C27H32N4O2/c28-24-11-5-4-10-23(24)27(26(29)33)14-6-9-22(17-27)25(32)30-18-20-12-15-31(16-13-20)19-21-7-2-1-3-8-21/h1-11,14,20H,12-13,15-19,28H2,(H2,29,33)(H,30,32). The third kappa shape index (κ3) is 5.17. The number of nitrogens with two attached hydrogens (primary N) is 2. The average Bonchev–Trinajstić information content (AvgIpc) is 2.84. The molecule has 2 aliphatic rings. The van der Waals surface area contributed by atoms with Gasteiger partial charge in [-0.25, -0.2) is 0 Å². The molecule has 1 aliphatic heterocycles. The molecule has 0 radical (unpaired) electrons. The monoisotopic (exact) mass is 444 g/mol. The van der Waals surface area contributed by atoms with E-state index in [0.29, 0.717) is 29.3 Å². The highest BCUT2D eigenvalue weighted by Crippen LogP contribution is 2.38. The number of nitrogens with zero attached hydrogens (tertiary/aromatic N) is 1. The second-order valence-electron chi connectivity index (χ2n) is 9.07. The molecule has 1 atom stereocenters. The summed E-state index contributed by atoms with van der Waals surface area (Å²) in [6.07, 6.45) is 7.56. The van der Waals surface area contributed by atoms with E-state index in [2.05, 4.69) is 34.5 Å².